The first-order valence-corrected chi connectivity index (χ1v) is 22.2. The number of anilines is 3. The van der Waals surface area contributed by atoms with Crippen LogP contribution in [0.15, 0.2) is 245 Å². The maximum Gasteiger partial charge on any atom is 0.159 e. The molecule has 0 atom stereocenters. The number of para-hydroxylation sites is 1. The van der Waals surface area contributed by atoms with Gasteiger partial charge in [0, 0.05) is 33.3 Å². The molecule has 0 spiro atoms. The first-order valence-electron chi connectivity index (χ1n) is 22.2. The maximum atomic E-state index is 7.09. The van der Waals surface area contributed by atoms with Crippen LogP contribution < -0.4 is 4.90 Å². The standard InChI is InChI=1S/C62H39NO2/c1-3-14-40(15-4-1)45-30-35-50(41-16-5-2-6-17-41)55(38-45)52-24-13-27-57-61(52)54-25-12-26-56(62(54)65-57)63(46-32-28-44(29-33-46)49-23-11-20-42-18-7-9-21-48(42)49)47-34-36-53-59(39-47)64-58-37-31-43-19-8-10-22-51(43)60(53)58/h1-39H. The predicted octanol–water partition coefficient (Wildman–Crippen LogP) is 17.9. The van der Waals surface area contributed by atoms with E-state index in [1.165, 1.54) is 43.8 Å². The molecule has 2 aromatic heterocycles. The quantitative estimate of drug-likeness (QED) is 0.160. The predicted molar refractivity (Wildman–Crippen MR) is 272 cm³/mol. The van der Waals surface area contributed by atoms with Crippen LogP contribution in [0.4, 0.5) is 17.1 Å². The molecule has 0 radical (unpaired) electrons. The van der Waals surface area contributed by atoms with Gasteiger partial charge in [-0.05, 0) is 115 Å². The van der Waals surface area contributed by atoms with Crippen LogP contribution in [0.25, 0.3) is 110 Å². The highest BCUT2D eigenvalue weighted by molar-refractivity contribution is 6.20. The summed E-state index contributed by atoms with van der Waals surface area (Å²) in [4.78, 5) is 2.31. The summed E-state index contributed by atoms with van der Waals surface area (Å²) in [6.07, 6.45) is 0. The minimum atomic E-state index is 0.809. The fourth-order valence-corrected chi connectivity index (χ4v) is 10.0. The van der Waals surface area contributed by atoms with Crippen molar-refractivity contribution in [3.05, 3.63) is 237 Å². The summed E-state index contributed by atoms with van der Waals surface area (Å²) >= 11 is 0. The van der Waals surface area contributed by atoms with Crippen LogP contribution in [0.1, 0.15) is 0 Å². The smallest absolute Gasteiger partial charge is 0.159 e. The molecule has 0 fully saturated rings. The Hall–Kier alpha value is -8.66. The zero-order valence-electron chi connectivity index (χ0n) is 35.3. The third kappa shape index (κ3) is 6.12. The molecule has 0 bridgehead atoms. The van der Waals surface area contributed by atoms with E-state index in [-0.39, 0.29) is 0 Å². The van der Waals surface area contributed by atoms with E-state index in [9.17, 15) is 0 Å². The van der Waals surface area contributed by atoms with Gasteiger partial charge in [0.15, 0.2) is 5.58 Å². The summed E-state index contributed by atoms with van der Waals surface area (Å²) in [5.41, 5.74) is 15.6. The first kappa shape index (κ1) is 36.9. The Kier molecular flexibility index (Phi) is 8.53. The zero-order chi connectivity index (χ0) is 42.8. The molecule has 304 valence electrons. The molecular formula is C62H39NO2. The highest BCUT2D eigenvalue weighted by atomic mass is 16.3. The fourth-order valence-electron chi connectivity index (χ4n) is 10.0. The molecule has 13 aromatic rings. The molecule has 0 aliphatic carbocycles. The van der Waals surface area contributed by atoms with E-state index < -0.39 is 0 Å². The minimum absolute atomic E-state index is 0.809. The van der Waals surface area contributed by atoms with Gasteiger partial charge in [0.2, 0.25) is 0 Å². The fraction of sp³-hybridized carbons (Fsp3) is 0. The van der Waals surface area contributed by atoms with Gasteiger partial charge >= 0.3 is 0 Å². The maximum absolute atomic E-state index is 7.09. The van der Waals surface area contributed by atoms with Gasteiger partial charge in [0.25, 0.3) is 0 Å². The van der Waals surface area contributed by atoms with Crippen molar-refractivity contribution >= 4 is 82.5 Å². The normalized spacial score (nSPS) is 11.7. The van der Waals surface area contributed by atoms with Crippen LogP contribution in [0, 0.1) is 0 Å². The van der Waals surface area contributed by atoms with Gasteiger partial charge in [-0.15, -0.1) is 0 Å². The highest BCUT2D eigenvalue weighted by Crippen LogP contribution is 2.48. The van der Waals surface area contributed by atoms with Gasteiger partial charge in [-0.1, -0.05) is 182 Å². The van der Waals surface area contributed by atoms with Crippen LogP contribution in [0.5, 0.6) is 0 Å². The van der Waals surface area contributed by atoms with Gasteiger partial charge in [0.05, 0.1) is 11.4 Å². The van der Waals surface area contributed by atoms with Gasteiger partial charge < -0.3 is 13.7 Å². The molecule has 13 rings (SSSR count). The van der Waals surface area contributed by atoms with E-state index in [4.69, 9.17) is 8.83 Å². The average Bonchev–Trinajstić information content (AvgIpc) is 3.96. The van der Waals surface area contributed by atoms with Crippen molar-refractivity contribution in [2.75, 3.05) is 4.90 Å². The largest absolute Gasteiger partial charge is 0.456 e. The Bertz CT molecular complexity index is 3930. The van der Waals surface area contributed by atoms with Crippen molar-refractivity contribution in [3.63, 3.8) is 0 Å². The van der Waals surface area contributed by atoms with E-state index in [2.05, 4.69) is 241 Å². The molecular weight excluding hydrogens is 791 g/mol. The SMILES string of the molecule is c1ccc(-c2ccc(-c3ccccc3)c(-c3cccc4oc5c(N(c6ccc(-c7cccc8ccccc78)cc6)c6ccc7c(c6)oc6ccc8ccccc8c67)cccc5c34)c2)cc1. The molecule has 3 nitrogen and oxygen atoms in total. The average molecular weight is 830 g/mol. The molecule has 0 amide bonds. The lowest BCUT2D eigenvalue weighted by Crippen LogP contribution is -2.10. The van der Waals surface area contributed by atoms with Gasteiger partial charge in [-0.25, -0.2) is 0 Å². The summed E-state index contributed by atoms with van der Waals surface area (Å²) in [5.74, 6) is 0. The van der Waals surface area contributed by atoms with Crippen LogP contribution in [0.3, 0.4) is 0 Å². The lowest BCUT2D eigenvalue weighted by Gasteiger charge is -2.25. The molecule has 0 aliphatic rings. The molecule has 0 N–H and O–H groups in total. The van der Waals surface area contributed by atoms with E-state index in [0.717, 1.165) is 83.2 Å². The molecule has 2 heterocycles. The Morgan fingerprint density at radius 2 is 0.892 bits per heavy atom. The van der Waals surface area contributed by atoms with Crippen molar-refractivity contribution in [1.82, 2.24) is 0 Å². The van der Waals surface area contributed by atoms with Crippen LogP contribution >= 0.6 is 0 Å². The molecule has 0 aliphatic heterocycles. The van der Waals surface area contributed by atoms with Crippen molar-refractivity contribution in [1.29, 1.82) is 0 Å². The topological polar surface area (TPSA) is 29.5 Å². The summed E-state index contributed by atoms with van der Waals surface area (Å²) in [7, 11) is 0. The highest BCUT2D eigenvalue weighted by Gasteiger charge is 2.23. The third-order valence-corrected chi connectivity index (χ3v) is 13.1. The molecule has 0 unspecified atom stereocenters. The number of fused-ring (bicyclic) bond motifs is 9. The minimum Gasteiger partial charge on any atom is -0.456 e. The second-order valence-electron chi connectivity index (χ2n) is 16.8. The Labute approximate surface area is 375 Å². The second kappa shape index (κ2) is 15.0. The van der Waals surface area contributed by atoms with E-state index in [1.807, 2.05) is 0 Å². The zero-order valence-corrected chi connectivity index (χ0v) is 35.3. The molecule has 0 saturated heterocycles. The lowest BCUT2D eigenvalue weighted by atomic mass is 9.89. The number of hydrogen-bond donors (Lipinski definition) is 0. The van der Waals surface area contributed by atoms with Crippen molar-refractivity contribution in [2.45, 2.75) is 0 Å². The summed E-state index contributed by atoms with van der Waals surface area (Å²) < 4.78 is 13.8. The monoisotopic (exact) mass is 829 g/mol. The van der Waals surface area contributed by atoms with Crippen LogP contribution in [-0.2, 0) is 0 Å². The van der Waals surface area contributed by atoms with Crippen LogP contribution in [-0.4, -0.2) is 0 Å². The summed E-state index contributed by atoms with van der Waals surface area (Å²) in [6.45, 7) is 0. The summed E-state index contributed by atoms with van der Waals surface area (Å²) in [5, 5.41) is 9.18. The van der Waals surface area contributed by atoms with Crippen LogP contribution in [0.2, 0.25) is 0 Å². The van der Waals surface area contributed by atoms with Crippen molar-refractivity contribution in [3.8, 4) is 44.5 Å². The van der Waals surface area contributed by atoms with E-state index >= 15 is 0 Å². The number of nitrogens with zero attached hydrogens (tertiary/aromatic N) is 1. The molecule has 11 aromatic carbocycles. The van der Waals surface area contributed by atoms with Gasteiger partial charge in [-0.3, -0.25) is 0 Å². The summed E-state index contributed by atoms with van der Waals surface area (Å²) in [6, 6.07) is 84.5. The molecule has 65 heavy (non-hydrogen) atoms. The molecule has 3 heteroatoms. The van der Waals surface area contributed by atoms with Gasteiger partial charge in [-0.2, -0.15) is 0 Å². The first-order chi connectivity index (χ1) is 32.2. The Morgan fingerprint density at radius 3 is 1.72 bits per heavy atom. The van der Waals surface area contributed by atoms with E-state index in [0.29, 0.717) is 0 Å². The number of furan rings is 2. The van der Waals surface area contributed by atoms with Crippen molar-refractivity contribution in [2.24, 2.45) is 0 Å². The third-order valence-electron chi connectivity index (χ3n) is 13.1. The Balaban J connectivity index is 1.03. The van der Waals surface area contributed by atoms with E-state index in [1.54, 1.807) is 0 Å². The van der Waals surface area contributed by atoms with Crippen molar-refractivity contribution < 1.29 is 8.83 Å². The lowest BCUT2D eigenvalue weighted by molar-refractivity contribution is 0.667. The second-order valence-corrected chi connectivity index (χ2v) is 16.8. The number of benzene rings is 11. The van der Waals surface area contributed by atoms with Gasteiger partial charge in [0.1, 0.15) is 16.7 Å². The molecule has 0 saturated carbocycles. The Morgan fingerprint density at radius 1 is 0.277 bits per heavy atom. The number of rotatable bonds is 7. The number of hydrogen-bond acceptors (Lipinski definition) is 3.